The van der Waals surface area contributed by atoms with Gasteiger partial charge in [0.25, 0.3) is 0 Å². The van der Waals surface area contributed by atoms with Crippen LogP contribution >= 0.6 is 22.9 Å². The summed E-state index contributed by atoms with van der Waals surface area (Å²) in [5, 5.41) is 1.44. The van der Waals surface area contributed by atoms with Gasteiger partial charge in [0, 0.05) is 31.1 Å². The third kappa shape index (κ3) is 3.32. The van der Waals surface area contributed by atoms with Crippen LogP contribution < -0.4 is 4.90 Å². The number of hydrogen-bond donors (Lipinski definition) is 0. The number of thiophene rings is 1. The molecule has 2 aliphatic rings. The van der Waals surface area contributed by atoms with Gasteiger partial charge in [0.05, 0.1) is 10.4 Å². The number of benzene rings is 1. The summed E-state index contributed by atoms with van der Waals surface area (Å²) in [5.74, 6) is 0.948. The normalized spacial score (nSPS) is 18.2. The smallest absolute Gasteiger partial charge is 0.244 e. The number of anilines is 1. The topological polar surface area (TPSA) is 66.4 Å². The van der Waals surface area contributed by atoms with Crippen LogP contribution in [0, 0.1) is 0 Å². The number of rotatable bonds is 3. The van der Waals surface area contributed by atoms with Crippen LogP contribution in [-0.2, 0) is 22.9 Å². The lowest BCUT2D eigenvalue weighted by atomic mass is 9.97. The molecule has 1 fully saturated rings. The molecule has 1 aliphatic heterocycles. The lowest BCUT2D eigenvalue weighted by molar-refractivity contribution is 0.384. The van der Waals surface area contributed by atoms with E-state index in [-0.39, 0.29) is 9.92 Å². The van der Waals surface area contributed by atoms with Crippen LogP contribution in [0.1, 0.15) is 23.3 Å². The van der Waals surface area contributed by atoms with E-state index < -0.39 is 10.0 Å². The fraction of sp³-hybridized carbons (Fsp3) is 0.400. The Balaban J connectivity index is 1.42. The highest BCUT2D eigenvalue weighted by Crippen LogP contribution is 2.39. The number of hydrogen-bond acceptors (Lipinski definition) is 6. The maximum Gasteiger partial charge on any atom is 0.244 e. The molecular formula is C20H21ClN4O2S2. The summed E-state index contributed by atoms with van der Waals surface area (Å²) in [7, 11) is -3.60. The zero-order chi connectivity index (χ0) is 20.0. The maximum absolute atomic E-state index is 13.0. The Bertz CT molecular complexity index is 1170. The first-order chi connectivity index (χ1) is 14.1. The number of halogens is 1. The Morgan fingerprint density at radius 2 is 1.76 bits per heavy atom. The Morgan fingerprint density at radius 3 is 2.55 bits per heavy atom. The van der Waals surface area contributed by atoms with Crippen molar-refractivity contribution in [2.45, 2.75) is 30.6 Å². The molecule has 3 aromatic rings. The molecule has 0 radical (unpaired) electrons. The molecule has 3 heterocycles. The highest BCUT2D eigenvalue weighted by molar-refractivity contribution is 7.89. The summed E-state index contributed by atoms with van der Waals surface area (Å²) in [6, 6.07) is 6.62. The van der Waals surface area contributed by atoms with E-state index in [1.165, 1.54) is 33.0 Å². The maximum atomic E-state index is 13.0. The fourth-order valence-electron chi connectivity index (χ4n) is 4.25. The third-order valence-electron chi connectivity index (χ3n) is 5.72. The van der Waals surface area contributed by atoms with Crippen molar-refractivity contribution in [2.24, 2.45) is 0 Å². The zero-order valence-electron chi connectivity index (χ0n) is 15.8. The van der Waals surface area contributed by atoms with Crippen LogP contribution in [0.25, 0.3) is 10.2 Å². The van der Waals surface area contributed by atoms with Gasteiger partial charge in [0.1, 0.15) is 21.9 Å². The summed E-state index contributed by atoms with van der Waals surface area (Å²) in [4.78, 5) is 14.0. The first-order valence-electron chi connectivity index (χ1n) is 9.80. The lowest BCUT2D eigenvalue weighted by Gasteiger charge is -2.35. The van der Waals surface area contributed by atoms with Crippen LogP contribution in [-0.4, -0.2) is 48.9 Å². The van der Waals surface area contributed by atoms with Gasteiger partial charge in [-0.3, -0.25) is 0 Å². The third-order valence-corrected chi connectivity index (χ3v) is 9.32. The minimum Gasteiger partial charge on any atom is -0.353 e. The van der Waals surface area contributed by atoms with E-state index in [2.05, 4.69) is 14.9 Å². The molecule has 9 heteroatoms. The quantitative estimate of drug-likeness (QED) is 0.610. The number of aromatic nitrogens is 2. The van der Waals surface area contributed by atoms with Gasteiger partial charge in [-0.2, -0.15) is 4.31 Å². The van der Waals surface area contributed by atoms with Crippen LogP contribution in [0.15, 0.2) is 35.5 Å². The van der Waals surface area contributed by atoms with Crippen molar-refractivity contribution >= 4 is 49.0 Å². The molecular weight excluding hydrogens is 428 g/mol. The fourth-order valence-corrected chi connectivity index (χ4v) is 7.39. The Labute approximate surface area is 179 Å². The van der Waals surface area contributed by atoms with E-state index in [1.807, 2.05) is 0 Å². The minimum absolute atomic E-state index is 0.173. The first kappa shape index (κ1) is 19.2. The molecule has 2 aromatic heterocycles. The highest BCUT2D eigenvalue weighted by atomic mass is 35.5. The molecule has 1 aromatic carbocycles. The Morgan fingerprint density at radius 1 is 1.00 bits per heavy atom. The molecule has 29 heavy (non-hydrogen) atoms. The van der Waals surface area contributed by atoms with Crippen LogP contribution in [0.5, 0.6) is 0 Å². The lowest BCUT2D eigenvalue weighted by Crippen LogP contribution is -2.49. The van der Waals surface area contributed by atoms with E-state index >= 15 is 0 Å². The van der Waals surface area contributed by atoms with Crippen molar-refractivity contribution in [1.82, 2.24) is 14.3 Å². The molecule has 0 amide bonds. The van der Waals surface area contributed by atoms with Gasteiger partial charge in [0.2, 0.25) is 10.0 Å². The van der Waals surface area contributed by atoms with Crippen molar-refractivity contribution < 1.29 is 8.42 Å². The average molecular weight is 449 g/mol. The second kappa shape index (κ2) is 7.50. The predicted octanol–water partition coefficient (Wildman–Crippen LogP) is 3.73. The van der Waals surface area contributed by atoms with E-state index in [0.717, 1.165) is 23.5 Å². The van der Waals surface area contributed by atoms with Crippen LogP contribution in [0.3, 0.4) is 0 Å². The standard InChI is InChI=1S/C20H21ClN4O2S2/c21-15-6-2-4-8-17(15)29(26,27)25-11-9-24(10-12-25)19-18-14-5-1-3-7-16(14)28-20(18)23-13-22-19/h2,4,6,8,13H,1,3,5,7,9-12H2. The number of nitrogens with zero attached hydrogens (tertiary/aromatic N) is 4. The number of fused-ring (bicyclic) bond motifs is 3. The molecule has 0 spiro atoms. The van der Waals surface area contributed by atoms with Crippen LogP contribution in [0.2, 0.25) is 5.02 Å². The van der Waals surface area contributed by atoms with Gasteiger partial charge in [-0.25, -0.2) is 18.4 Å². The van der Waals surface area contributed by atoms with E-state index in [1.54, 1.807) is 41.9 Å². The molecule has 0 atom stereocenters. The monoisotopic (exact) mass is 448 g/mol. The van der Waals surface area contributed by atoms with E-state index in [9.17, 15) is 8.42 Å². The molecule has 152 valence electrons. The van der Waals surface area contributed by atoms with Crippen molar-refractivity contribution in [3.8, 4) is 0 Å². The SMILES string of the molecule is O=S(=O)(c1ccccc1Cl)N1CCN(c2ncnc3sc4c(c23)CCCC4)CC1. The predicted molar refractivity (Wildman–Crippen MR) is 116 cm³/mol. The number of piperazine rings is 1. The van der Waals surface area contributed by atoms with Gasteiger partial charge in [0.15, 0.2) is 0 Å². The van der Waals surface area contributed by atoms with Crippen molar-refractivity contribution in [3.05, 3.63) is 46.1 Å². The minimum atomic E-state index is -3.60. The Hall–Kier alpha value is -1.74. The number of aryl methyl sites for hydroxylation is 2. The molecule has 0 N–H and O–H groups in total. The Kier molecular flexibility index (Phi) is 4.98. The highest BCUT2D eigenvalue weighted by Gasteiger charge is 2.31. The van der Waals surface area contributed by atoms with Crippen LogP contribution in [0.4, 0.5) is 5.82 Å². The van der Waals surface area contributed by atoms with Gasteiger partial charge in [-0.05, 0) is 43.4 Å². The number of sulfonamides is 1. The van der Waals surface area contributed by atoms with Crippen molar-refractivity contribution in [3.63, 3.8) is 0 Å². The van der Waals surface area contributed by atoms with Crippen molar-refractivity contribution in [2.75, 3.05) is 31.1 Å². The summed E-state index contributed by atoms with van der Waals surface area (Å²) in [6.07, 6.45) is 6.28. The van der Waals surface area contributed by atoms with Gasteiger partial charge < -0.3 is 4.90 Å². The molecule has 0 bridgehead atoms. The van der Waals surface area contributed by atoms with E-state index in [0.29, 0.717) is 26.2 Å². The van der Waals surface area contributed by atoms with Gasteiger partial charge in [-0.15, -0.1) is 11.3 Å². The molecule has 6 nitrogen and oxygen atoms in total. The largest absolute Gasteiger partial charge is 0.353 e. The molecule has 5 rings (SSSR count). The zero-order valence-corrected chi connectivity index (χ0v) is 18.2. The summed E-state index contributed by atoms with van der Waals surface area (Å²) < 4.78 is 27.5. The molecule has 0 saturated carbocycles. The van der Waals surface area contributed by atoms with Crippen molar-refractivity contribution in [1.29, 1.82) is 0 Å². The summed E-state index contributed by atoms with van der Waals surface area (Å²) in [6.45, 7) is 2.01. The average Bonchev–Trinajstić information content (AvgIpc) is 3.13. The van der Waals surface area contributed by atoms with Gasteiger partial charge in [-0.1, -0.05) is 23.7 Å². The molecule has 1 saturated heterocycles. The first-order valence-corrected chi connectivity index (χ1v) is 12.4. The second-order valence-electron chi connectivity index (χ2n) is 7.41. The van der Waals surface area contributed by atoms with Gasteiger partial charge >= 0.3 is 0 Å². The second-order valence-corrected chi connectivity index (χ2v) is 10.8. The summed E-state index contributed by atoms with van der Waals surface area (Å²) >= 11 is 7.92. The summed E-state index contributed by atoms with van der Waals surface area (Å²) in [5.41, 5.74) is 1.40. The molecule has 0 unspecified atom stereocenters. The van der Waals surface area contributed by atoms with E-state index in [4.69, 9.17) is 11.6 Å². The molecule has 1 aliphatic carbocycles.